The van der Waals surface area contributed by atoms with Gasteiger partial charge in [0.1, 0.15) is 0 Å². The summed E-state index contributed by atoms with van der Waals surface area (Å²) in [6.45, 7) is 7.02. The highest BCUT2D eigenvalue weighted by molar-refractivity contribution is 7.98. The molecular weight excluding hydrogens is 482 g/mol. The molecule has 0 saturated heterocycles. The zero-order valence-corrected chi connectivity index (χ0v) is 23.0. The summed E-state index contributed by atoms with van der Waals surface area (Å²) in [7, 11) is 0. The van der Waals surface area contributed by atoms with Gasteiger partial charge >= 0.3 is 6.09 Å². The molecule has 196 valence electrons. The molecule has 0 spiro atoms. The van der Waals surface area contributed by atoms with Crippen LogP contribution in [-0.2, 0) is 0 Å². The quantitative estimate of drug-likeness (QED) is 0.331. The summed E-state index contributed by atoms with van der Waals surface area (Å²) in [4.78, 5) is 32.6. The van der Waals surface area contributed by atoms with Gasteiger partial charge in [-0.1, -0.05) is 30.3 Å². The molecule has 2 N–H and O–H groups in total. The Hall–Kier alpha value is -3.06. The smallest absolute Gasteiger partial charge is 0.407 e. The third-order valence-electron chi connectivity index (χ3n) is 7.35. The molecule has 1 saturated carbocycles. The highest BCUT2D eigenvalue weighted by Gasteiger charge is 2.31. The van der Waals surface area contributed by atoms with Crippen molar-refractivity contribution in [2.45, 2.75) is 56.9 Å². The first kappa shape index (κ1) is 27.0. The number of amides is 2. The third-order valence-corrected chi connectivity index (χ3v) is 8.09. The predicted molar refractivity (Wildman–Crippen MR) is 151 cm³/mol. The molecular formula is C30H37N3O3S. The first-order chi connectivity index (χ1) is 17.7. The number of benzene rings is 2. The van der Waals surface area contributed by atoms with Crippen LogP contribution in [0.25, 0.3) is 22.2 Å². The number of aromatic nitrogens is 1. The average Bonchev–Trinajstić information content (AvgIpc) is 2.89. The monoisotopic (exact) mass is 519 g/mol. The van der Waals surface area contributed by atoms with Crippen LogP contribution < -0.4 is 5.32 Å². The lowest BCUT2D eigenvalue weighted by atomic mass is 9.81. The van der Waals surface area contributed by atoms with E-state index in [1.54, 1.807) is 16.7 Å². The minimum absolute atomic E-state index is 0.0764. The lowest BCUT2D eigenvalue weighted by Gasteiger charge is -2.38. The number of carboxylic acid groups (broad SMARTS) is 1. The molecule has 1 aliphatic carbocycles. The molecule has 0 aliphatic heterocycles. The molecule has 2 amide bonds. The highest BCUT2D eigenvalue weighted by Crippen LogP contribution is 2.31. The summed E-state index contributed by atoms with van der Waals surface area (Å²) in [6, 6.07) is 17.9. The van der Waals surface area contributed by atoms with Gasteiger partial charge in [-0.15, -0.1) is 11.8 Å². The van der Waals surface area contributed by atoms with Crippen LogP contribution in [0.2, 0.25) is 0 Å². The van der Waals surface area contributed by atoms with Crippen molar-refractivity contribution in [2.75, 3.05) is 19.3 Å². The van der Waals surface area contributed by atoms with E-state index in [0.29, 0.717) is 30.5 Å². The van der Waals surface area contributed by atoms with Crippen molar-refractivity contribution in [2.24, 2.45) is 11.8 Å². The van der Waals surface area contributed by atoms with E-state index in [0.717, 1.165) is 47.8 Å². The largest absolute Gasteiger partial charge is 0.465 e. The first-order valence-corrected chi connectivity index (χ1v) is 14.2. The van der Waals surface area contributed by atoms with Crippen LogP contribution in [0.15, 0.2) is 59.5 Å². The van der Waals surface area contributed by atoms with Gasteiger partial charge in [-0.25, -0.2) is 9.78 Å². The molecule has 1 aromatic heterocycles. The van der Waals surface area contributed by atoms with Gasteiger partial charge < -0.3 is 15.3 Å². The molecule has 4 rings (SSSR count). The van der Waals surface area contributed by atoms with Gasteiger partial charge in [-0.2, -0.15) is 0 Å². The van der Waals surface area contributed by atoms with Crippen LogP contribution in [0.1, 0.15) is 56.8 Å². The number of pyridine rings is 1. The van der Waals surface area contributed by atoms with Crippen molar-refractivity contribution < 1.29 is 14.7 Å². The molecule has 37 heavy (non-hydrogen) atoms. The summed E-state index contributed by atoms with van der Waals surface area (Å²) >= 11 is 1.70. The van der Waals surface area contributed by atoms with E-state index in [4.69, 9.17) is 4.98 Å². The van der Waals surface area contributed by atoms with Crippen LogP contribution in [0, 0.1) is 11.8 Å². The third kappa shape index (κ3) is 6.63. The van der Waals surface area contributed by atoms with Crippen molar-refractivity contribution in [1.29, 1.82) is 0 Å². The van der Waals surface area contributed by atoms with Crippen molar-refractivity contribution in [3.63, 3.8) is 0 Å². The molecule has 1 fully saturated rings. The number of fused-ring (bicyclic) bond motifs is 1. The highest BCUT2D eigenvalue weighted by atomic mass is 32.2. The van der Waals surface area contributed by atoms with Crippen molar-refractivity contribution in [3.8, 4) is 11.3 Å². The Morgan fingerprint density at radius 2 is 1.68 bits per heavy atom. The van der Waals surface area contributed by atoms with Crippen molar-refractivity contribution in [1.82, 2.24) is 15.2 Å². The number of hydrogen-bond acceptors (Lipinski definition) is 4. The Morgan fingerprint density at radius 1 is 1.03 bits per heavy atom. The number of carbonyl (C=O) groups excluding carboxylic acids is 1. The Morgan fingerprint density at radius 3 is 2.30 bits per heavy atom. The zero-order chi connectivity index (χ0) is 26.6. The summed E-state index contributed by atoms with van der Waals surface area (Å²) in [5.74, 6) is 0.693. The number of thioether (sulfide) groups is 1. The van der Waals surface area contributed by atoms with E-state index < -0.39 is 11.6 Å². The maximum atomic E-state index is 13.4. The van der Waals surface area contributed by atoms with Crippen molar-refractivity contribution in [3.05, 3.63) is 60.2 Å². The predicted octanol–water partition coefficient (Wildman–Crippen LogP) is 6.94. The lowest BCUT2D eigenvalue weighted by molar-refractivity contribution is 0.0786. The van der Waals surface area contributed by atoms with Gasteiger partial charge in [0.2, 0.25) is 0 Å². The Bertz CT molecular complexity index is 1250. The Labute approximate surface area is 223 Å². The Kier molecular flexibility index (Phi) is 8.42. The molecule has 6 nitrogen and oxygen atoms in total. The number of nitrogens with one attached hydrogen (secondary N) is 1. The van der Waals surface area contributed by atoms with Crippen LogP contribution in [0.5, 0.6) is 0 Å². The van der Waals surface area contributed by atoms with Gasteiger partial charge in [0, 0.05) is 34.5 Å². The number of rotatable bonds is 7. The maximum Gasteiger partial charge on any atom is 0.407 e. The van der Waals surface area contributed by atoms with Gasteiger partial charge in [-0.05, 0) is 88.8 Å². The second kappa shape index (κ2) is 11.5. The Balaban J connectivity index is 1.41. The van der Waals surface area contributed by atoms with Crippen LogP contribution in [-0.4, -0.2) is 51.9 Å². The summed E-state index contributed by atoms with van der Waals surface area (Å²) in [5.41, 5.74) is 2.83. The van der Waals surface area contributed by atoms with Crippen molar-refractivity contribution >= 4 is 34.7 Å². The van der Waals surface area contributed by atoms with E-state index >= 15 is 0 Å². The minimum atomic E-state index is -0.856. The molecule has 7 heteroatoms. The summed E-state index contributed by atoms with van der Waals surface area (Å²) < 4.78 is 0. The number of nitrogens with zero attached hydrogens (tertiary/aromatic N) is 2. The zero-order valence-electron chi connectivity index (χ0n) is 22.2. The minimum Gasteiger partial charge on any atom is -0.465 e. The summed E-state index contributed by atoms with van der Waals surface area (Å²) in [5, 5.41) is 13.6. The average molecular weight is 520 g/mol. The first-order valence-electron chi connectivity index (χ1n) is 13.0. The SMILES string of the molecule is CSc1ccc(-c2cc(C(=O)NCC3CCC(CN(C(=O)O)C(C)(C)C)CC3)c3ccccc3n2)cc1. The van der Waals surface area contributed by atoms with Crippen LogP contribution in [0.4, 0.5) is 4.79 Å². The van der Waals surface area contributed by atoms with Crippen LogP contribution >= 0.6 is 11.8 Å². The standard InChI is InChI=1S/C30H37N3O3S/c1-30(2,3)33(29(35)36)19-21-11-9-20(10-12-21)18-31-28(34)25-17-27(22-13-15-23(37-4)16-14-22)32-26-8-6-5-7-24(25)26/h5-8,13-17,20-21H,9-12,18-19H2,1-4H3,(H,31,34)(H,35,36). The van der Waals surface area contributed by atoms with E-state index in [1.165, 1.54) is 4.90 Å². The molecule has 0 radical (unpaired) electrons. The van der Waals surface area contributed by atoms with Gasteiger partial charge in [-0.3, -0.25) is 4.79 Å². The van der Waals surface area contributed by atoms with E-state index in [2.05, 4.69) is 23.7 Å². The number of para-hydroxylation sites is 1. The number of carbonyl (C=O) groups is 2. The fourth-order valence-electron chi connectivity index (χ4n) is 5.12. The van der Waals surface area contributed by atoms with E-state index in [9.17, 15) is 14.7 Å². The second-order valence-corrected chi connectivity index (χ2v) is 11.8. The summed E-state index contributed by atoms with van der Waals surface area (Å²) in [6.07, 6.45) is 5.14. The fraction of sp³-hybridized carbons (Fsp3) is 0.433. The van der Waals surface area contributed by atoms with E-state index in [-0.39, 0.29) is 5.91 Å². The topological polar surface area (TPSA) is 82.5 Å². The van der Waals surface area contributed by atoms with E-state index in [1.807, 2.05) is 63.2 Å². The molecule has 3 aromatic rings. The normalized spacial score (nSPS) is 17.9. The fourth-order valence-corrected chi connectivity index (χ4v) is 5.53. The molecule has 0 bridgehead atoms. The van der Waals surface area contributed by atoms with Crippen LogP contribution in [0.3, 0.4) is 0 Å². The molecule has 1 heterocycles. The second-order valence-electron chi connectivity index (χ2n) is 11.0. The van der Waals surface area contributed by atoms with Gasteiger partial charge in [0.15, 0.2) is 0 Å². The van der Waals surface area contributed by atoms with Gasteiger partial charge in [0.05, 0.1) is 16.8 Å². The number of hydrogen-bond donors (Lipinski definition) is 2. The van der Waals surface area contributed by atoms with Gasteiger partial charge in [0.25, 0.3) is 5.91 Å². The molecule has 1 aliphatic rings. The molecule has 0 unspecified atom stereocenters. The molecule has 2 aromatic carbocycles. The maximum absolute atomic E-state index is 13.4. The molecule has 0 atom stereocenters. The lowest BCUT2D eigenvalue weighted by Crippen LogP contribution is -2.47.